The Morgan fingerprint density at radius 1 is 1.54 bits per heavy atom. The number of carboxylic acid groups (broad SMARTS) is 1. The number of anilines is 1. The maximum atomic E-state index is 12.4. The maximum absolute atomic E-state index is 12.4. The number of aliphatic carboxylic acids is 1. The number of oxime groups is 1. The number of nitrogens with zero attached hydrogens (tertiary/aromatic N) is 3. The number of β-lactam (4-membered cyclic amide) rings is 1. The Labute approximate surface area is 155 Å². The van der Waals surface area contributed by atoms with Crippen LogP contribution < -0.4 is 11.1 Å². The second-order valence-corrected chi connectivity index (χ2v) is 7.26. The van der Waals surface area contributed by atoms with Crippen molar-refractivity contribution in [2.75, 3.05) is 11.5 Å². The second-order valence-electron chi connectivity index (χ2n) is 5.26. The largest absolute Gasteiger partial charge is 0.477 e. The van der Waals surface area contributed by atoms with Crippen LogP contribution in [0.4, 0.5) is 5.13 Å². The summed E-state index contributed by atoms with van der Waals surface area (Å²) in [4.78, 5) is 41.2. The van der Waals surface area contributed by atoms with E-state index in [0.29, 0.717) is 11.3 Å². The number of nitrogens with one attached hydrogen (secondary N) is 1. The molecule has 136 valence electrons. The quantitative estimate of drug-likeness (QED) is 0.231. The minimum atomic E-state index is -1.24. The molecule has 12 heteroatoms. The molecule has 0 radical (unpaired) electrons. The van der Waals surface area contributed by atoms with Crippen molar-refractivity contribution in [3.63, 3.8) is 0 Å². The summed E-state index contributed by atoms with van der Waals surface area (Å²) in [6.45, 7) is 3.56. The summed E-state index contributed by atoms with van der Waals surface area (Å²) in [5, 5.41) is 24.9. The fourth-order valence-corrected chi connectivity index (χ4v) is 4.51. The zero-order valence-electron chi connectivity index (χ0n) is 13.1. The number of rotatable bonds is 5. The van der Waals surface area contributed by atoms with Gasteiger partial charge in [-0.05, 0) is 5.57 Å². The van der Waals surface area contributed by atoms with Crippen molar-refractivity contribution in [2.24, 2.45) is 5.16 Å². The molecule has 0 bridgehead atoms. The van der Waals surface area contributed by atoms with Gasteiger partial charge in [0.05, 0.1) is 0 Å². The lowest BCUT2D eigenvalue weighted by molar-refractivity contribution is -0.150. The van der Waals surface area contributed by atoms with Gasteiger partial charge in [-0.15, -0.1) is 23.1 Å². The molecule has 1 unspecified atom stereocenters. The smallest absolute Gasteiger partial charge is 0.352 e. The van der Waals surface area contributed by atoms with Gasteiger partial charge in [0, 0.05) is 11.1 Å². The van der Waals surface area contributed by atoms with Crippen molar-refractivity contribution in [3.8, 4) is 0 Å². The number of nitrogens with two attached hydrogens (primary N) is 1. The Hall–Kier alpha value is -2.86. The number of carboxylic acids is 1. The zero-order valence-corrected chi connectivity index (χ0v) is 14.7. The number of carbonyl (C=O) groups excluding carboxylic acids is 2. The van der Waals surface area contributed by atoms with Crippen molar-refractivity contribution < 1.29 is 24.7 Å². The highest BCUT2D eigenvalue weighted by molar-refractivity contribution is 8.00. The van der Waals surface area contributed by atoms with Gasteiger partial charge in [0.15, 0.2) is 10.8 Å². The SMILES string of the molecule is C=CC1=C(C(=O)O)N2C(=O)C(NC(=O)/C(=N\O)c3csc(N)n3)[C@H]2SC1. The Morgan fingerprint density at radius 3 is 2.81 bits per heavy atom. The Kier molecular flexibility index (Phi) is 4.70. The van der Waals surface area contributed by atoms with Gasteiger partial charge in [-0.2, -0.15) is 0 Å². The number of carbonyl (C=O) groups is 3. The molecule has 10 nitrogen and oxygen atoms in total. The van der Waals surface area contributed by atoms with Crippen LogP contribution in [-0.4, -0.2) is 60.9 Å². The van der Waals surface area contributed by atoms with Gasteiger partial charge in [-0.1, -0.05) is 17.8 Å². The van der Waals surface area contributed by atoms with E-state index in [1.165, 1.54) is 23.2 Å². The molecule has 1 aromatic heterocycles. The Balaban J connectivity index is 1.78. The summed E-state index contributed by atoms with van der Waals surface area (Å²) >= 11 is 2.37. The van der Waals surface area contributed by atoms with Crippen LogP contribution in [0, 0.1) is 0 Å². The van der Waals surface area contributed by atoms with Crippen LogP contribution >= 0.6 is 23.1 Å². The topological polar surface area (TPSA) is 158 Å². The fourth-order valence-electron chi connectivity index (χ4n) is 2.62. The number of thiazole rings is 1. The molecule has 0 aromatic carbocycles. The first kappa shape index (κ1) is 17.9. The van der Waals surface area contributed by atoms with Crippen LogP contribution in [0.25, 0.3) is 0 Å². The normalized spacial score (nSPS) is 22.5. The van der Waals surface area contributed by atoms with E-state index >= 15 is 0 Å². The molecule has 2 atom stereocenters. The Bertz CT molecular complexity index is 877. The van der Waals surface area contributed by atoms with E-state index in [2.05, 4.69) is 22.0 Å². The number of thioether (sulfide) groups is 1. The average Bonchev–Trinajstić information content (AvgIpc) is 3.04. The first-order valence-electron chi connectivity index (χ1n) is 7.16. The van der Waals surface area contributed by atoms with Gasteiger partial charge in [0.2, 0.25) is 0 Å². The lowest BCUT2D eigenvalue weighted by Crippen LogP contribution is -2.71. The summed E-state index contributed by atoms with van der Waals surface area (Å²) in [6, 6.07) is -0.944. The summed E-state index contributed by atoms with van der Waals surface area (Å²) in [7, 11) is 0. The lowest BCUT2D eigenvalue weighted by atomic mass is 10.0. The molecule has 1 aromatic rings. The fraction of sp³-hybridized carbons (Fsp3) is 0.214. The van der Waals surface area contributed by atoms with Crippen LogP contribution in [0.2, 0.25) is 0 Å². The van der Waals surface area contributed by atoms with E-state index in [4.69, 9.17) is 10.9 Å². The van der Waals surface area contributed by atoms with Crippen LogP contribution in [-0.2, 0) is 14.4 Å². The van der Waals surface area contributed by atoms with Crippen LogP contribution in [0.5, 0.6) is 0 Å². The van der Waals surface area contributed by atoms with Crippen molar-refractivity contribution >= 4 is 51.7 Å². The highest BCUT2D eigenvalue weighted by Gasteiger charge is 2.54. The molecule has 2 amide bonds. The summed E-state index contributed by atoms with van der Waals surface area (Å²) in [5.74, 6) is -2.27. The molecule has 2 aliphatic heterocycles. The minimum Gasteiger partial charge on any atom is -0.477 e. The van der Waals surface area contributed by atoms with E-state index in [0.717, 1.165) is 16.2 Å². The zero-order chi connectivity index (χ0) is 19.0. The Morgan fingerprint density at radius 2 is 2.27 bits per heavy atom. The molecular formula is C14H13N5O5S2. The number of nitrogen functional groups attached to an aromatic ring is 1. The predicted octanol–water partition coefficient (Wildman–Crippen LogP) is -0.172. The van der Waals surface area contributed by atoms with Gasteiger partial charge in [0.1, 0.15) is 22.8 Å². The maximum Gasteiger partial charge on any atom is 0.352 e. The molecule has 0 spiro atoms. The monoisotopic (exact) mass is 395 g/mol. The molecular weight excluding hydrogens is 382 g/mol. The highest BCUT2D eigenvalue weighted by Crippen LogP contribution is 2.40. The molecule has 2 aliphatic rings. The third-order valence-corrected chi connectivity index (χ3v) is 5.79. The number of hydrogen-bond donors (Lipinski definition) is 4. The summed E-state index contributed by atoms with van der Waals surface area (Å²) < 4.78 is 0. The number of aromatic nitrogens is 1. The van der Waals surface area contributed by atoms with Gasteiger partial charge in [0.25, 0.3) is 11.8 Å². The van der Waals surface area contributed by atoms with E-state index in [9.17, 15) is 19.5 Å². The number of hydrogen-bond acceptors (Lipinski definition) is 9. The first-order valence-corrected chi connectivity index (χ1v) is 9.09. The standard InChI is InChI=1S/C14H13N5O5S2/c1-2-5-3-25-12-8(11(21)19(12)9(5)13(22)23)17-10(20)7(18-24)6-4-26-14(15)16-6/h2,4,8,12,24H,1,3H2,(H2,15,16)(H,17,20)(H,22,23)/b18-7-/t8?,12-/m1/s1. The van der Waals surface area contributed by atoms with Gasteiger partial charge < -0.3 is 21.4 Å². The number of fused-ring (bicyclic) bond motifs is 1. The lowest BCUT2D eigenvalue weighted by Gasteiger charge is -2.49. The molecule has 3 heterocycles. The van der Waals surface area contributed by atoms with Gasteiger partial charge in [-0.25, -0.2) is 9.78 Å². The summed E-state index contributed by atoms with van der Waals surface area (Å²) in [6.07, 6.45) is 1.40. The van der Waals surface area contributed by atoms with Crippen LogP contribution in [0.1, 0.15) is 5.69 Å². The van der Waals surface area contributed by atoms with E-state index in [1.54, 1.807) is 0 Å². The molecule has 1 saturated heterocycles. The van der Waals surface area contributed by atoms with Gasteiger partial charge in [-0.3, -0.25) is 14.5 Å². The third kappa shape index (κ3) is 2.82. The van der Waals surface area contributed by atoms with Crippen molar-refractivity contribution in [3.05, 3.63) is 35.0 Å². The summed E-state index contributed by atoms with van der Waals surface area (Å²) in [5.41, 5.74) is 5.49. The molecule has 5 N–H and O–H groups in total. The number of allylic oxidation sites excluding steroid dienone is 1. The predicted molar refractivity (Wildman–Crippen MR) is 94.7 cm³/mol. The van der Waals surface area contributed by atoms with Crippen molar-refractivity contribution in [1.29, 1.82) is 0 Å². The van der Waals surface area contributed by atoms with E-state index in [-0.39, 0.29) is 22.2 Å². The second kappa shape index (κ2) is 6.80. The molecule has 1 fully saturated rings. The molecule has 26 heavy (non-hydrogen) atoms. The highest BCUT2D eigenvalue weighted by atomic mass is 32.2. The molecule has 0 aliphatic carbocycles. The van der Waals surface area contributed by atoms with Crippen molar-refractivity contribution in [2.45, 2.75) is 11.4 Å². The third-order valence-electron chi connectivity index (χ3n) is 3.81. The van der Waals surface area contributed by atoms with Gasteiger partial charge >= 0.3 is 5.97 Å². The molecule has 3 rings (SSSR count). The molecule has 0 saturated carbocycles. The minimum absolute atomic E-state index is 0.0764. The number of amides is 2. The van der Waals surface area contributed by atoms with Crippen LogP contribution in [0.3, 0.4) is 0 Å². The van der Waals surface area contributed by atoms with Crippen LogP contribution in [0.15, 0.2) is 34.5 Å². The average molecular weight is 395 g/mol. The van der Waals surface area contributed by atoms with E-state index in [1.807, 2.05) is 0 Å². The van der Waals surface area contributed by atoms with Crippen molar-refractivity contribution in [1.82, 2.24) is 15.2 Å². The first-order chi connectivity index (χ1) is 12.4. The van der Waals surface area contributed by atoms with E-state index < -0.39 is 29.2 Å².